The van der Waals surface area contributed by atoms with E-state index in [2.05, 4.69) is 0 Å². The van der Waals surface area contributed by atoms with Crippen molar-refractivity contribution in [3.8, 4) is 0 Å². The highest BCUT2D eigenvalue weighted by molar-refractivity contribution is 5.00. The molecular formula is C8H9F7N2O. The molecule has 0 N–H and O–H groups in total. The summed E-state index contributed by atoms with van der Waals surface area (Å²) in [5, 5.41) is 0. The molecule has 0 aliphatic carbocycles. The zero-order valence-corrected chi connectivity index (χ0v) is 8.85. The molecule has 0 saturated carbocycles. The lowest BCUT2D eigenvalue weighted by atomic mass is 10.4. The third-order valence-corrected chi connectivity index (χ3v) is 2.17. The van der Waals surface area contributed by atoms with Gasteiger partial charge in [-0.25, -0.2) is 4.39 Å². The Morgan fingerprint density at radius 1 is 1.00 bits per heavy atom. The largest absolute Gasteiger partial charge is 0.493 e. The number of rotatable bonds is 2. The molecule has 0 radical (unpaired) electrons. The fourth-order valence-corrected chi connectivity index (χ4v) is 1.46. The van der Waals surface area contributed by atoms with Crippen LogP contribution < -0.4 is 0 Å². The molecule has 1 heterocycles. The minimum absolute atomic E-state index is 0.0686. The Balaban J connectivity index is 3.02. The molecule has 0 aromatic rings. The Labute approximate surface area is 97.4 Å². The first-order valence-corrected chi connectivity index (χ1v) is 4.75. The molecule has 0 bridgehead atoms. The molecule has 0 atom stereocenters. The van der Waals surface area contributed by atoms with Crippen molar-refractivity contribution < 1.29 is 35.5 Å². The van der Waals surface area contributed by atoms with E-state index in [1.54, 1.807) is 0 Å². The molecule has 0 aromatic heterocycles. The van der Waals surface area contributed by atoms with Crippen LogP contribution in [0.4, 0.5) is 30.7 Å². The molecule has 10 heteroatoms. The molecule has 3 nitrogen and oxygen atoms in total. The second-order valence-corrected chi connectivity index (χ2v) is 3.34. The lowest BCUT2D eigenvalue weighted by Crippen LogP contribution is -2.53. The summed E-state index contributed by atoms with van der Waals surface area (Å²) in [5.41, 5.74) is 0. The van der Waals surface area contributed by atoms with Crippen LogP contribution >= 0.6 is 0 Å². The molecule has 0 unspecified atom stereocenters. The topological polar surface area (TPSA) is 15.7 Å². The average Bonchev–Trinajstić information content (AvgIpc) is 2.23. The van der Waals surface area contributed by atoms with Crippen molar-refractivity contribution in [3.63, 3.8) is 0 Å². The normalized spacial score (nSPS) is 19.1. The molecule has 1 fully saturated rings. The summed E-state index contributed by atoms with van der Waals surface area (Å²) in [5.74, 6) is -1.58. The van der Waals surface area contributed by atoms with Crippen LogP contribution in [-0.2, 0) is 4.74 Å². The number of ether oxygens (including phenoxy) is 1. The molecule has 1 rings (SSSR count). The Hall–Kier alpha value is -1.19. The number of alkyl halides is 6. The third kappa shape index (κ3) is 3.40. The van der Waals surface area contributed by atoms with Gasteiger partial charge in [0.2, 0.25) is 0 Å². The van der Waals surface area contributed by atoms with Crippen LogP contribution in [0.15, 0.2) is 12.2 Å². The number of nitrogens with zero attached hydrogens (tertiary/aromatic N) is 2. The monoisotopic (exact) mass is 282 g/mol. The molecule has 1 aliphatic rings. The fraction of sp³-hybridized carbons (Fsp3) is 0.750. The van der Waals surface area contributed by atoms with Crippen molar-refractivity contribution in [2.45, 2.75) is 12.6 Å². The summed E-state index contributed by atoms with van der Waals surface area (Å²) < 4.78 is 91.3. The van der Waals surface area contributed by atoms with E-state index in [0.717, 1.165) is 0 Å². The summed E-state index contributed by atoms with van der Waals surface area (Å²) in [6, 6.07) is 0. The Bertz CT molecular complexity index is 292. The smallest absolute Gasteiger partial charge is 0.378 e. The zero-order valence-electron chi connectivity index (χ0n) is 8.85. The van der Waals surface area contributed by atoms with Crippen molar-refractivity contribution >= 4 is 0 Å². The summed E-state index contributed by atoms with van der Waals surface area (Å²) in [7, 11) is 0. The zero-order chi connectivity index (χ0) is 14.0. The maximum Gasteiger partial charge on any atom is 0.493 e. The second kappa shape index (κ2) is 5.21. The van der Waals surface area contributed by atoms with Gasteiger partial charge in [-0.2, -0.15) is 4.90 Å². The highest BCUT2D eigenvalue weighted by atomic mass is 19.4. The second-order valence-electron chi connectivity index (χ2n) is 3.34. The van der Waals surface area contributed by atoms with Gasteiger partial charge in [0.05, 0.1) is 13.2 Å². The highest BCUT2D eigenvalue weighted by Gasteiger charge is 2.56. The minimum Gasteiger partial charge on any atom is -0.378 e. The van der Waals surface area contributed by atoms with Gasteiger partial charge in [0.1, 0.15) is 12.2 Å². The first kappa shape index (κ1) is 14.9. The van der Waals surface area contributed by atoms with E-state index in [9.17, 15) is 30.7 Å². The van der Waals surface area contributed by atoms with E-state index >= 15 is 0 Å². The Morgan fingerprint density at radius 2 is 1.44 bits per heavy atom. The summed E-state index contributed by atoms with van der Waals surface area (Å²) in [6.07, 6.45) is -12.2. The van der Waals surface area contributed by atoms with E-state index in [4.69, 9.17) is 4.74 Å². The van der Waals surface area contributed by atoms with Crippen LogP contribution in [0.1, 0.15) is 0 Å². The maximum absolute atomic E-state index is 12.5. The van der Waals surface area contributed by atoms with E-state index in [1.165, 1.54) is 0 Å². The van der Waals surface area contributed by atoms with Gasteiger partial charge >= 0.3 is 12.6 Å². The van der Waals surface area contributed by atoms with Crippen molar-refractivity contribution in [2.75, 3.05) is 26.3 Å². The molecule has 0 amide bonds. The predicted octanol–water partition coefficient (Wildman–Crippen LogP) is 2.43. The van der Waals surface area contributed by atoms with Crippen LogP contribution in [0.5, 0.6) is 0 Å². The average molecular weight is 282 g/mol. The summed E-state index contributed by atoms with van der Waals surface area (Å²) in [6.45, 7) is -0.640. The lowest BCUT2D eigenvalue weighted by Gasteiger charge is -2.38. The van der Waals surface area contributed by atoms with E-state index < -0.39 is 29.7 Å². The first-order valence-electron chi connectivity index (χ1n) is 4.75. The van der Waals surface area contributed by atoms with Gasteiger partial charge in [-0.1, -0.05) is 0 Å². The van der Waals surface area contributed by atoms with Gasteiger partial charge in [-0.15, -0.1) is 26.3 Å². The molecule has 0 spiro atoms. The van der Waals surface area contributed by atoms with Crippen molar-refractivity contribution in [3.05, 3.63) is 12.2 Å². The number of morpholine rings is 1. The first-order chi connectivity index (χ1) is 8.18. The molecule has 106 valence electrons. The molecule has 1 aliphatic heterocycles. The Kier molecular flexibility index (Phi) is 4.30. The Morgan fingerprint density at radius 3 is 1.78 bits per heavy atom. The van der Waals surface area contributed by atoms with Crippen LogP contribution in [0.3, 0.4) is 0 Å². The van der Waals surface area contributed by atoms with Gasteiger partial charge in [0.25, 0.3) is 0 Å². The SMILES string of the molecule is F/C=C(\N1CCOCC1)N(C(F)(F)F)C(F)(F)F. The van der Waals surface area contributed by atoms with Gasteiger partial charge in [-0.3, -0.25) is 0 Å². The third-order valence-electron chi connectivity index (χ3n) is 2.17. The molecule has 1 saturated heterocycles. The summed E-state index contributed by atoms with van der Waals surface area (Å²) >= 11 is 0. The molecule has 0 aromatic carbocycles. The van der Waals surface area contributed by atoms with Crippen molar-refractivity contribution in [1.82, 2.24) is 9.80 Å². The van der Waals surface area contributed by atoms with Crippen LogP contribution in [0.25, 0.3) is 0 Å². The standard InChI is InChI=1S/C8H9F7N2O/c9-5-6(16-1-3-18-4-2-16)17(7(10,11)12)8(13,14)15/h5H,1-4H2/b6-5+. The van der Waals surface area contributed by atoms with Crippen molar-refractivity contribution in [1.29, 1.82) is 0 Å². The summed E-state index contributed by atoms with van der Waals surface area (Å²) in [4.78, 5) is -1.23. The lowest BCUT2D eigenvalue weighted by molar-refractivity contribution is -0.365. The van der Waals surface area contributed by atoms with Crippen LogP contribution in [0.2, 0.25) is 0 Å². The quantitative estimate of drug-likeness (QED) is 0.571. The number of halogens is 7. The van der Waals surface area contributed by atoms with Crippen molar-refractivity contribution in [2.24, 2.45) is 0 Å². The number of hydrogen-bond donors (Lipinski definition) is 0. The number of hydrogen-bond acceptors (Lipinski definition) is 3. The minimum atomic E-state index is -5.76. The molecular weight excluding hydrogens is 273 g/mol. The maximum atomic E-state index is 12.5. The van der Waals surface area contributed by atoms with Gasteiger partial charge < -0.3 is 9.64 Å². The van der Waals surface area contributed by atoms with E-state index in [-0.39, 0.29) is 26.3 Å². The van der Waals surface area contributed by atoms with Gasteiger partial charge in [-0.05, 0) is 0 Å². The van der Waals surface area contributed by atoms with Crippen LogP contribution in [0, 0.1) is 0 Å². The highest BCUT2D eigenvalue weighted by Crippen LogP contribution is 2.38. The fourth-order valence-electron chi connectivity index (χ4n) is 1.46. The predicted molar refractivity (Wildman–Crippen MR) is 45.5 cm³/mol. The molecule has 18 heavy (non-hydrogen) atoms. The van der Waals surface area contributed by atoms with Gasteiger partial charge in [0, 0.05) is 13.1 Å². The van der Waals surface area contributed by atoms with E-state index in [1.807, 2.05) is 0 Å². The van der Waals surface area contributed by atoms with E-state index in [0.29, 0.717) is 4.90 Å². The van der Waals surface area contributed by atoms with Crippen LogP contribution in [-0.4, -0.2) is 48.7 Å². The van der Waals surface area contributed by atoms with Gasteiger partial charge in [0.15, 0.2) is 0 Å².